The molecule has 1 aliphatic rings. The summed E-state index contributed by atoms with van der Waals surface area (Å²) in [7, 11) is 0. The molecule has 0 radical (unpaired) electrons. The lowest BCUT2D eigenvalue weighted by Crippen LogP contribution is -2.40. The predicted molar refractivity (Wildman–Crippen MR) is 71.5 cm³/mol. The lowest BCUT2D eigenvalue weighted by molar-refractivity contribution is -0.123. The van der Waals surface area contributed by atoms with E-state index in [0.29, 0.717) is 36.7 Å². The van der Waals surface area contributed by atoms with Crippen molar-refractivity contribution in [1.29, 1.82) is 0 Å². The molecule has 2 N–H and O–H groups in total. The number of ether oxygens (including phenoxy) is 2. The zero-order chi connectivity index (χ0) is 13.0. The summed E-state index contributed by atoms with van der Waals surface area (Å²) in [5.74, 6) is -0.0162. The van der Waals surface area contributed by atoms with Crippen LogP contribution in [0.5, 0.6) is 0 Å². The summed E-state index contributed by atoms with van der Waals surface area (Å²) < 4.78 is 11.4. The smallest absolute Gasteiger partial charge is 0.225 e. The minimum absolute atomic E-state index is 0.0162. The summed E-state index contributed by atoms with van der Waals surface area (Å²) in [6, 6.07) is 0. The van der Waals surface area contributed by atoms with Gasteiger partial charge in [-0.15, -0.1) is 11.3 Å². The second-order valence-electron chi connectivity index (χ2n) is 4.11. The Morgan fingerprint density at radius 1 is 1.61 bits per heavy atom. The molecule has 0 saturated carbocycles. The normalized spacial score (nSPS) is 19.7. The van der Waals surface area contributed by atoms with Gasteiger partial charge in [-0.2, -0.15) is 0 Å². The van der Waals surface area contributed by atoms with E-state index in [1.165, 1.54) is 11.3 Å². The molecule has 1 aromatic heterocycles. The van der Waals surface area contributed by atoms with E-state index in [-0.39, 0.29) is 12.0 Å². The number of aryl methyl sites for hydroxylation is 1. The molecule has 18 heavy (non-hydrogen) atoms. The Bertz CT molecular complexity index is 463. The van der Waals surface area contributed by atoms with Crippen LogP contribution in [0.2, 0.25) is 0 Å². The van der Waals surface area contributed by atoms with Crippen molar-refractivity contribution in [3.05, 3.63) is 14.5 Å². The van der Waals surface area contributed by atoms with Crippen LogP contribution in [-0.4, -0.2) is 43.4 Å². The summed E-state index contributed by atoms with van der Waals surface area (Å²) in [5.41, 5.74) is 0.970. The van der Waals surface area contributed by atoms with Crippen molar-refractivity contribution in [2.45, 2.75) is 19.4 Å². The van der Waals surface area contributed by atoms with Crippen molar-refractivity contribution in [1.82, 2.24) is 10.3 Å². The van der Waals surface area contributed by atoms with Gasteiger partial charge in [0.15, 0.2) is 3.95 Å². The molecule has 2 rings (SSSR count). The molecule has 7 heteroatoms. The fourth-order valence-electron chi connectivity index (χ4n) is 1.70. The molecule has 1 atom stereocenters. The summed E-state index contributed by atoms with van der Waals surface area (Å²) in [4.78, 5) is 15.8. The number of carbonyl (C=O) groups excluding carboxylic acids is 1. The van der Waals surface area contributed by atoms with Crippen molar-refractivity contribution in [3.8, 4) is 0 Å². The van der Waals surface area contributed by atoms with Crippen molar-refractivity contribution in [2.75, 3.05) is 26.4 Å². The Labute approximate surface area is 115 Å². The third-order valence-electron chi connectivity index (χ3n) is 2.66. The molecule has 0 spiro atoms. The molecule has 0 aliphatic carbocycles. The maximum Gasteiger partial charge on any atom is 0.225 e. The summed E-state index contributed by atoms with van der Waals surface area (Å²) >= 11 is 6.48. The number of aromatic nitrogens is 1. The van der Waals surface area contributed by atoms with E-state index in [1.807, 2.05) is 6.92 Å². The number of hydrogen-bond donors (Lipinski definition) is 2. The standard InChI is InChI=1S/C11H16N2O3S2/c1-7-9(18-11(17)13-7)4-10(14)12-5-8-6-15-2-3-16-8/h8H,2-6H2,1H3,(H,12,14)(H,13,17). The Hall–Kier alpha value is -0.760. The average Bonchev–Trinajstić information content (AvgIpc) is 2.67. The largest absolute Gasteiger partial charge is 0.376 e. The number of rotatable bonds is 4. The van der Waals surface area contributed by atoms with Gasteiger partial charge < -0.3 is 19.8 Å². The first-order valence-corrected chi connectivity index (χ1v) is 7.02. The Morgan fingerprint density at radius 2 is 2.44 bits per heavy atom. The second-order valence-corrected chi connectivity index (χ2v) is 5.88. The molecule has 1 aliphatic heterocycles. The Kier molecular flexibility index (Phi) is 4.87. The minimum atomic E-state index is -0.0341. The molecule has 1 unspecified atom stereocenters. The predicted octanol–water partition coefficient (Wildman–Crippen LogP) is 1.19. The average molecular weight is 288 g/mol. The molecule has 1 fully saturated rings. The number of nitrogens with one attached hydrogen (secondary N) is 2. The third-order valence-corrected chi connectivity index (χ3v) is 3.99. The number of hydrogen-bond acceptors (Lipinski definition) is 5. The van der Waals surface area contributed by atoms with E-state index >= 15 is 0 Å². The van der Waals surface area contributed by atoms with Crippen molar-refractivity contribution >= 4 is 29.5 Å². The van der Waals surface area contributed by atoms with E-state index in [4.69, 9.17) is 21.7 Å². The maximum absolute atomic E-state index is 11.8. The van der Waals surface area contributed by atoms with Gasteiger partial charge >= 0.3 is 0 Å². The van der Waals surface area contributed by atoms with Gasteiger partial charge in [0.25, 0.3) is 0 Å². The first-order valence-electron chi connectivity index (χ1n) is 5.80. The van der Waals surface area contributed by atoms with Crippen LogP contribution >= 0.6 is 23.6 Å². The zero-order valence-electron chi connectivity index (χ0n) is 10.2. The quantitative estimate of drug-likeness (QED) is 0.817. The monoisotopic (exact) mass is 288 g/mol. The molecule has 0 bridgehead atoms. The minimum Gasteiger partial charge on any atom is -0.376 e. The molecule has 100 valence electrons. The van der Waals surface area contributed by atoms with Gasteiger partial charge in [-0.3, -0.25) is 4.79 Å². The molecule has 1 aromatic rings. The highest BCUT2D eigenvalue weighted by Gasteiger charge is 2.16. The SMILES string of the molecule is Cc1[nH]c(=S)sc1CC(=O)NCC1COCCO1. The van der Waals surface area contributed by atoms with Crippen molar-refractivity contribution < 1.29 is 14.3 Å². The van der Waals surface area contributed by atoms with Crippen LogP contribution in [0.25, 0.3) is 0 Å². The van der Waals surface area contributed by atoms with Gasteiger partial charge in [-0.25, -0.2) is 0 Å². The van der Waals surface area contributed by atoms with Gasteiger partial charge in [0.05, 0.1) is 32.3 Å². The number of H-pyrrole nitrogens is 1. The highest BCUT2D eigenvalue weighted by atomic mass is 32.1. The van der Waals surface area contributed by atoms with Crippen LogP contribution in [0.15, 0.2) is 0 Å². The third kappa shape index (κ3) is 3.88. The Morgan fingerprint density at radius 3 is 3.06 bits per heavy atom. The van der Waals surface area contributed by atoms with E-state index in [9.17, 15) is 4.79 Å². The fraction of sp³-hybridized carbons (Fsp3) is 0.636. The van der Waals surface area contributed by atoms with Gasteiger partial charge in [0, 0.05) is 17.1 Å². The van der Waals surface area contributed by atoms with Crippen LogP contribution in [0.3, 0.4) is 0 Å². The summed E-state index contributed by atoms with van der Waals surface area (Å²) in [6.45, 7) is 4.19. The van der Waals surface area contributed by atoms with E-state index in [0.717, 1.165) is 10.6 Å². The lowest BCUT2D eigenvalue weighted by Gasteiger charge is -2.23. The first-order chi connectivity index (χ1) is 8.65. The van der Waals surface area contributed by atoms with Crippen LogP contribution in [-0.2, 0) is 20.7 Å². The molecule has 2 heterocycles. The van der Waals surface area contributed by atoms with E-state index in [1.54, 1.807) is 0 Å². The highest BCUT2D eigenvalue weighted by Crippen LogP contribution is 2.14. The van der Waals surface area contributed by atoms with Crippen LogP contribution in [0.1, 0.15) is 10.6 Å². The van der Waals surface area contributed by atoms with Gasteiger partial charge in [0.1, 0.15) is 0 Å². The van der Waals surface area contributed by atoms with Gasteiger partial charge in [-0.05, 0) is 19.1 Å². The topological polar surface area (TPSA) is 63.4 Å². The summed E-state index contributed by atoms with van der Waals surface area (Å²) in [6.07, 6.45) is 0.324. The van der Waals surface area contributed by atoms with E-state index in [2.05, 4.69) is 10.3 Å². The number of amides is 1. The van der Waals surface area contributed by atoms with E-state index < -0.39 is 0 Å². The fourth-order valence-corrected chi connectivity index (χ4v) is 2.99. The van der Waals surface area contributed by atoms with Crippen LogP contribution < -0.4 is 5.32 Å². The molecule has 1 saturated heterocycles. The number of thiazole rings is 1. The first kappa shape index (κ1) is 13.7. The lowest BCUT2D eigenvalue weighted by atomic mass is 10.3. The Balaban J connectivity index is 1.78. The van der Waals surface area contributed by atoms with Crippen LogP contribution in [0, 0.1) is 10.9 Å². The number of aromatic amines is 1. The van der Waals surface area contributed by atoms with Gasteiger partial charge in [0.2, 0.25) is 5.91 Å². The summed E-state index contributed by atoms with van der Waals surface area (Å²) in [5, 5.41) is 2.85. The molecule has 1 amide bonds. The van der Waals surface area contributed by atoms with Crippen molar-refractivity contribution in [2.24, 2.45) is 0 Å². The van der Waals surface area contributed by atoms with Crippen molar-refractivity contribution in [3.63, 3.8) is 0 Å². The zero-order valence-corrected chi connectivity index (χ0v) is 11.8. The maximum atomic E-state index is 11.8. The highest BCUT2D eigenvalue weighted by molar-refractivity contribution is 7.73. The van der Waals surface area contributed by atoms with Gasteiger partial charge in [-0.1, -0.05) is 0 Å². The molecular weight excluding hydrogens is 272 g/mol. The molecular formula is C11H16N2O3S2. The van der Waals surface area contributed by atoms with Crippen LogP contribution in [0.4, 0.5) is 0 Å². The number of carbonyl (C=O) groups is 1. The molecule has 5 nitrogen and oxygen atoms in total. The second kappa shape index (κ2) is 6.42. The molecule has 0 aromatic carbocycles.